The molecule has 0 aromatic carbocycles. The Kier molecular flexibility index (Phi) is 4.58. The average molecular weight is 312 g/mol. The Balaban J connectivity index is 1.85. The van der Waals surface area contributed by atoms with E-state index < -0.39 is 0 Å². The van der Waals surface area contributed by atoms with E-state index in [2.05, 4.69) is 42.7 Å². The van der Waals surface area contributed by atoms with Gasteiger partial charge in [0.2, 0.25) is 0 Å². The Hall–Kier alpha value is -0.260. The van der Waals surface area contributed by atoms with Crippen molar-refractivity contribution in [3.63, 3.8) is 0 Å². The Labute approximate surface area is 130 Å². The van der Waals surface area contributed by atoms with E-state index in [9.17, 15) is 0 Å². The van der Waals surface area contributed by atoms with Crippen molar-refractivity contribution in [2.24, 2.45) is 0 Å². The SMILES string of the molecule is CCNC1CCCc2nc(N3CCSC(C)C3C)sc21. The smallest absolute Gasteiger partial charge is 0.186 e. The molecule has 1 fully saturated rings. The van der Waals surface area contributed by atoms with Crippen molar-refractivity contribution in [1.29, 1.82) is 0 Å². The summed E-state index contributed by atoms with van der Waals surface area (Å²) in [4.78, 5) is 9.03. The van der Waals surface area contributed by atoms with Gasteiger partial charge in [-0.1, -0.05) is 25.2 Å². The first-order valence-electron chi connectivity index (χ1n) is 7.82. The molecule has 2 aliphatic rings. The molecule has 3 unspecified atom stereocenters. The maximum Gasteiger partial charge on any atom is 0.186 e. The van der Waals surface area contributed by atoms with E-state index in [4.69, 9.17) is 4.98 Å². The Morgan fingerprint density at radius 2 is 2.25 bits per heavy atom. The molecule has 112 valence electrons. The number of fused-ring (bicyclic) bond motifs is 1. The first-order valence-corrected chi connectivity index (χ1v) is 9.68. The fraction of sp³-hybridized carbons (Fsp3) is 0.800. The number of thiazole rings is 1. The Bertz CT molecular complexity index is 460. The molecule has 0 spiro atoms. The zero-order valence-corrected chi connectivity index (χ0v) is 14.3. The van der Waals surface area contributed by atoms with Gasteiger partial charge in [-0.2, -0.15) is 11.8 Å². The molecule has 1 aromatic heterocycles. The summed E-state index contributed by atoms with van der Waals surface area (Å²) in [5, 5.41) is 5.59. The van der Waals surface area contributed by atoms with E-state index in [0.717, 1.165) is 13.1 Å². The highest BCUT2D eigenvalue weighted by atomic mass is 32.2. The van der Waals surface area contributed by atoms with Gasteiger partial charge in [-0.05, 0) is 32.7 Å². The normalized spacial score (nSPS) is 30.4. The summed E-state index contributed by atoms with van der Waals surface area (Å²) in [6.07, 6.45) is 3.71. The fourth-order valence-corrected chi connectivity index (χ4v) is 5.61. The topological polar surface area (TPSA) is 28.2 Å². The summed E-state index contributed by atoms with van der Waals surface area (Å²) in [6.45, 7) is 9.08. The lowest BCUT2D eigenvalue weighted by Crippen LogP contribution is -2.44. The van der Waals surface area contributed by atoms with Crippen LogP contribution in [0.3, 0.4) is 0 Å². The van der Waals surface area contributed by atoms with Gasteiger partial charge in [-0.15, -0.1) is 0 Å². The van der Waals surface area contributed by atoms with Crippen LogP contribution in [-0.2, 0) is 6.42 Å². The van der Waals surface area contributed by atoms with Crippen LogP contribution in [0.1, 0.15) is 50.2 Å². The molecule has 0 saturated carbocycles. The van der Waals surface area contributed by atoms with Crippen LogP contribution in [0.25, 0.3) is 0 Å². The maximum atomic E-state index is 4.99. The lowest BCUT2D eigenvalue weighted by Gasteiger charge is -2.37. The minimum absolute atomic E-state index is 0.543. The van der Waals surface area contributed by atoms with Crippen LogP contribution in [0.4, 0.5) is 5.13 Å². The molecule has 3 atom stereocenters. The van der Waals surface area contributed by atoms with Crippen LogP contribution in [0, 0.1) is 0 Å². The number of aromatic nitrogens is 1. The summed E-state index contributed by atoms with van der Waals surface area (Å²) in [5.41, 5.74) is 1.36. The molecule has 0 bridgehead atoms. The molecule has 5 heteroatoms. The van der Waals surface area contributed by atoms with E-state index in [0.29, 0.717) is 17.3 Å². The molecule has 1 aromatic rings. The number of rotatable bonds is 3. The number of nitrogens with one attached hydrogen (secondary N) is 1. The third-order valence-electron chi connectivity index (χ3n) is 4.52. The molecule has 1 saturated heterocycles. The lowest BCUT2D eigenvalue weighted by molar-refractivity contribution is 0.476. The van der Waals surface area contributed by atoms with Crippen molar-refractivity contribution in [1.82, 2.24) is 10.3 Å². The van der Waals surface area contributed by atoms with Crippen LogP contribution in [0.15, 0.2) is 0 Å². The molecule has 1 N–H and O–H groups in total. The highest BCUT2D eigenvalue weighted by Gasteiger charge is 2.30. The number of hydrogen-bond acceptors (Lipinski definition) is 5. The number of nitrogens with zero attached hydrogens (tertiary/aromatic N) is 2. The second-order valence-corrected chi connectivity index (χ2v) is 8.31. The summed E-state index contributed by atoms with van der Waals surface area (Å²) >= 11 is 4.03. The van der Waals surface area contributed by atoms with Gasteiger partial charge >= 0.3 is 0 Å². The van der Waals surface area contributed by atoms with E-state index in [1.807, 2.05) is 11.3 Å². The van der Waals surface area contributed by atoms with Crippen molar-refractivity contribution in [2.45, 2.75) is 57.4 Å². The van der Waals surface area contributed by atoms with Gasteiger partial charge < -0.3 is 10.2 Å². The van der Waals surface area contributed by atoms with Crippen molar-refractivity contribution in [2.75, 3.05) is 23.7 Å². The molecule has 1 aliphatic carbocycles. The largest absolute Gasteiger partial charge is 0.343 e. The monoisotopic (exact) mass is 311 g/mol. The number of anilines is 1. The molecule has 1 aliphatic heterocycles. The number of thioether (sulfide) groups is 1. The van der Waals surface area contributed by atoms with Crippen LogP contribution in [0.5, 0.6) is 0 Å². The van der Waals surface area contributed by atoms with E-state index >= 15 is 0 Å². The quantitative estimate of drug-likeness (QED) is 0.925. The molecule has 20 heavy (non-hydrogen) atoms. The van der Waals surface area contributed by atoms with Gasteiger partial charge in [0.25, 0.3) is 0 Å². The summed E-state index contributed by atoms with van der Waals surface area (Å²) in [6, 6.07) is 1.14. The van der Waals surface area contributed by atoms with Gasteiger partial charge in [0.1, 0.15) is 0 Å². The van der Waals surface area contributed by atoms with Gasteiger partial charge in [-0.25, -0.2) is 4.98 Å². The Morgan fingerprint density at radius 1 is 1.40 bits per heavy atom. The molecule has 0 amide bonds. The summed E-state index contributed by atoms with van der Waals surface area (Å²) < 4.78 is 0. The van der Waals surface area contributed by atoms with E-state index in [-0.39, 0.29) is 0 Å². The minimum atomic E-state index is 0.543. The zero-order chi connectivity index (χ0) is 14.1. The van der Waals surface area contributed by atoms with Crippen molar-refractivity contribution in [3.8, 4) is 0 Å². The van der Waals surface area contributed by atoms with Crippen molar-refractivity contribution >= 4 is 28.2 Å². The molecule has 2 heterocycles. The lowest BCUT2D eigenvalue weighted by atomic mass is 9.98. The fourth-order valence-electron chi connectivity index (χ4n) is 3.17. The average Bonchev–Trinajstić information content (AvgIpc) is 2.87. The van der Waals surface area contributed by atoms with E-state index in [1.165, 1.54) is 40.7 Å². The van der Waals surface area contributed by atoms with Gasteiger partial charge in [-0.3, -0.25) is 0 Å². The predicted molar refractivity (Wildman–Crippen MR) is 90.2 cm³/mol. The Morgan fingerprint density at radius 3 is 3.05 bits per heavy atom. The highest BCUT2D eigenvalue weighted by molar-refractivity contribution is 8.00. The number of hydrogen-bond donors (Lipinski definition) is 1. The molecule has 3 rings (SSSR count). The van der Waals surface area contributed by atoms with Crippen LogP contribution in [-0.4, -0.2) is 35.1 Å². The predicted octanol–water partition coefficient (Wildman–Crippen LogP) is 3.46. The molecular weight excluding hydrogens is 286 g/mol. The highest BCUT2D eigenvalue weighted by Crippen LogP contribution is 2.39. The third-order valence-corrected chi connectivity index (χ3v) is 7.11. The van der Waals surface area contributed by atoms with E-state index in [1.54, 1.807) is 0 Å². The van der Waals surface area contributed by atoms with Gasteiger partial charge in [0.15, 0.2) is 5.13 Å². The van der Waals surface area contributed by atoms with Crippen molar-refractivity contribution < 1.29 is 0 Å². The number of aryl methyl sites for hydroxylation is 1. The summed E-state index contributed by atoms with van der Waals surface area (Å²) in [7, 11) is 0. The molecule has 0 radical (unpaired) electrons. The van der Waals surface area contributed by atoms with Gasteiger partial charge in [0, 0.05) is 34.5 Å². The first-order chi connectivity index (χ1) is 9.70. The standard InChI is InChI=1S/C15H25N3S2/c1-4-16-12-6-5-7-13-14(12)20-15(17-13)18-8-9-19-11(3)10(18)2/h10-12,16H,4-9H2,1-3H3. The van der Waals surface area contributed by atoms with Crippen LogP contribution >= 0.6 is 23.1 Å². The minimum Gasteiger partial charge on any atom is -0.343 e. The zero-order valence-electron chi connectivity index (χ0n) is 12.7. The first kappa shape index (κ1) is 14.7. The molecular formula is C15H25N3S2. The van der Waals surface area contributed by atoms with Crippen LogP contribution in [0.2, 0.25) is 0 Å². The second-order valence-electron chi connectivity index (χ2n) is 5.82. The van der Waals surface area contributed by atoms with Gasteiger partial charge in [0.05, 0.1) is 5.69 Å². The van der Waals surface area contributed by atoms with Crippen molar-refractivity contribution in [3.05, 3.63) is 10.6 Å². The second kappa shape index (κ2) is 6.24. The summed E-state index contributed by atoms with van der Waals surface area (Å²) in [5.74, 6) is 1.23. The van der Waals surface area contributed by atoms with Crippen LogP contribution < -0.4 is 10.2 Å². The third kappa shape index (κ3) is 2.72. The maximum absolute atomic E-state index is 4.99. The molecule has 3 nitrogen and oxygen atoms in total.